The lowest BCUT2D eigenvalue weighted by atomic mass is 10.4. The Kier molecular flexibility index (Phi) is 3.63. The molecular weight excluding hydrogens is 224 g/mol. The van der Waals surface area contributed by atoms with Crippen molar-refractivity contribution in [3.63, 3.8) is 0 Å². The second-order valence-electron chi connectivity index (χ2n) is 3.37. The number of nitrogens with zero attached hydrogens (tertiary/aromatic N) is 3. The number of aromatic nitrogens is 3. The molecule has 0 bridgehead atoms. The van der Waals surface area contributed by atoms with E-state index in [2.05, 4.69) is 27.4 Å². The Balaban J connectivity index is 2.05. The van der Waals surface area contributed by atoms with Crippen LogP contribution in [-0.4, -0.2) is 28.3 Å². The van der Waals surface area contributed by atoms with E-state index in [-0.39, 0.29) is 0 Å². The van der Waals surface area contributed by atoms with Gasteiger partial charge in [0.1, 0.15) is 4.88 Å². The molecule has 0 spiro atoms. The lowest BCUT2D eigenvalue weighted by Crippen LogP contribution is -2.16. The predicted octanol–water partition coefficient (Wildman–Crippen LogP) is 1.65. The summed E-state index contributed by atoms with van der Waals surface area (Å²) >= 11 is 1.52. The van der Waals surface area contributed by atoms with Crippen LogP contribution in [0.5, 0.6) is 0 Å². The van der Waals surface area contributed by atoms with Crippen molar-refractivity contribution in [3.8, 4) is 10.8 Å². The van der Waals surface area contributed by atoms with Crippen LogP contribution in [0.1, 0.15) is 18.5 Å². The van der Waals surface area contributed by atoms with Gasteiger partial charge in [0.15, 0.2) is 0 Å². The summed E-state index contributed by atoms with van der Waals surface area (Å²) in [4.78, 5) is 5.12. The molecule has 5 nitrogen and oxygen atoms in total. The highest BCUT2D eigenvalue weighted by molar-refractivity contribution is 7.13. The minimum absolute atomic E-state index is 0.575. The van der Waals surface area contributed by atoms with Crippen molar-refractivity contribution in [2.24, 2.45) is 0 Å². The van der Waals surface area contributed by atoms with Gasteiger partial charge in [-0.05, 0) is 13.5 Å². The number of thiazole rings is 1. The van der Waals surface area contributed by atoms with Crippen LogP contribution in [0.2, 0.25) is 0 Å². The molecule has 0 saturated carbocycles. The molecule has 2 rings (SSSR count). The standard InChI is InChI=1S/C10H14N4OS/c1-3-11-5-4-8-13-14-10(15-8)9-7(2)12-6-16-9/h6,11H,3-5H2,1-2H3. The van der Waals surface area contributed by atoms with Crippen LogP contribution in [0, 0.1) is 6.92 Å². The van der Waals surface area contributed by atoms with E-state index in [1.54, 1.807) is 5.51 Å². The number of hydrogen-bond donors (Lipinski definition) is 1. The van der Waals surface area contributed by atoms with Gasteiger partial charge in [0, 0.05) is 13.0 Å². The molecule has 0 fully saturated rings. The normalized spacial score (nSPS) is 10.9. The number of likely N-dealkylation sites (N-methyl/N-ethyl adjacent to an activating group) is 1. The second kappa shape index (κ2) is 5.18. The molecule has 1 N–H and O–H groups in total. The van der Waals surface area contributed by atoms with Crippen molar-refractivity contribution in [1.82, 2.24) is 20.5 Å². The molecule has 0 saturated heterocycles. The third kappa shape index (κ3) is 2.45. The fourth-order valence-electron chi connectivity index (χ4n) is 1.33. The minimum atomic E-state index is 0.575. The summed E-state index contributed by atoms with van der Waals surface area (Å²) in [6.45, 7) is 5.82. The van der Waals surface area contributed by atoms with Crippen molar-refractivity contribution in [2.75, 3.05) is 13.1 Å². The zero-order valence-corrected chi connectivity index (χ0v) is 10.2. The quantitative estimate of drug-likeness (QED) is 0.802. The van der Waals surface area contributed by atoms with Crippen LogP contribution in [0.3, 0.4) is 0 Å². The van der Waals surface area contributed by atoms with E-state index in [9.17, 15) is 0 Å². The third-order valence-electron chi connectivity index (χ3n) is 2.17. The van der Waals surface area contributed by atoms with Crippen molar-refractivity contribution in [2.45, 2.75) is 20.3 Å². The lowest BCUT2D eigenvalue weighted by molar-refractivity contribution is 0.497. The van der Waals surface area contributed by atoms with Gasteiger partial charge in [-0.15, -0.1) is 21.5 Å². The zero-order chi connectivity index (χ0) is 11.4. The molecule has 0 aromatic carbocycles. The molecule has 0 unspecified atom stereocenters. The summed E-state index contributed by atoms with van der Waals surface area (Å²) in [6.07, 6.45) is 0.763. The fourth-order valence-corrected chi connectivity index (χ4v) is 2.05. The van der Waals surface area contributed by atoms with Gasteiger partial charge in [0.25, 0.3) is 5.89 Å². The van der Waals surface area contributed by atoms with E-state index >= 15 is 0 Å². The number of rotatable bonds is 5. The third-order valence-corrected chi connectivity index (χ3v) is 3.09. The van der Waals surface area contributed by atoms with E-state index in [4.69, 9.17) is 4.42 Å². The average Bonchev–Trinajstić information content (AvgIpc) is 2.87. The maximum absolute atomic E-state index is 5.56. The highest BCUT2D eigenvalue weighted by atomic mass is 32.1. The van der Waals surface area contributed by atoms with Crippen molar-refractivity contribution < 1.29 is 4.42 Å². The first-order valence-corrected chi connectivity index (χ1v) is 6.12. The van der Waals surface area contributed by atoms with Crippen molar-refractivity contribution in [1.29, 1.82) is 0 Å². The topological polar surface area (TPSA) is 63.8 Å². The van der Waals surface area contributed by atoms with Gasteiger partial charge in [0.05, 0.1) is 11.2 Å². The Morgan fingerprint density at radius 2 is 2.31 bits per heavy atom. The van der Waals surface area contributed by atoms with E-state index in [1.807, 2.05) is 6.92 Å². The average molecular weight is 238 g/mol. The van der Waals surface area contributed by atoms with Gasteiger partial charge < -0.3 is 9.73 Å². The smallest absolute Gasteiger partial charge is 0.259 e. The first kappa shape index (κ1) is 11.2. The first-order chi connectivity index (χ1) is 7.81. The molecule has 6 heteroatoms. The molecule has 86 valence electrons. The summed E-state index contributed by atoms with van der Waals surface area (Å²) in [5.74, 6) is 1.25. The summed E-state index contributed by atoms with van der Waals surface area (Å²) in [5.41, 5.74) is 2.72. The first-order valence-electron chi connectivity index (χ1n) is 5.24. The van der Waals surface area contributed by atoms with Gasteiger partial charge in [-0.2, -0.15) is 0 Å². The lowest BCUT2D eigenvalue weighted by Gasteiger charge is -1.95. The zero-order valence-electron chi connectivity index (χ0n) is 9.36. The Morgan fingerprint density at radius 3 is 3.00 bits per heavy atom. The molecule has 0 aliphatic carbocycles. The summed E-state index contributed by atoms with van der Waals surface area (Å²) in [6, 6.07) is 0. The highest BCUT2D eigenvalue weighted by Gasteiger charge is 2.12. The van der Waals surface area contributed by atoms with Crippen LogP contribution < -0.4 is 5.32 Å². The van der Waals surface area contributed by atoms with Crippen LogP contribution in [0.25, 0.3) is 10.8 Å². The number of hydrogen-bond acceptors (Lipinski definition) is 6. The Morgan fingerprint density at radius 1 is 1.44 bits per heavy atom. The van der Waals surface area contributed by atoms with Gasteiger partial charge in [-0.1, -0.05) is 6.92 Å². The molecule has 0 aliphatic heterocycles. The van der Waals surface area contributed by atoms with Crippen molar-refractivity contribution in [3.05, 3.63) is 17.1 Å². The number of aryl methyl sites for hydroxylation is 1. The SMILES string of the molecule is CCNCCc1nnc(-c2scnc2C)o1. The van der Waals surface area contributed by atoms with E-state index in [0.717, 1.165) is 30.1 Å². The monoisotopic (exact) mass is 238 g/mol. The minimum Gasteiger partial charge on any atom is -0.420 e. The summed E-state index contributed by atoms with van der Waals surface area (Å²) < 4.78 is 5.56. The largest absolute Gasteiger partial charge is 0.420 e. The second-order valence-corrected chi connectivity index (χ2v) is 4.23. The Labute approximate surface area is 97.9 Å². The van der Waals surface area contributed by atoms with Crippen LogP contribution in [-0.2, 0) is 6.42 Å². The number of nitrogens with one attached hydrogen (secondary N) is 1. The summed E-state index contributed by atoms with van der Waals surface area (Å²) in [7, 11) is 0. The molecule has 0 aliphatic rings. The van der Waals surface area contributed by atoms with E-state index in [0.29, 0.717) is 11.8 Å². The molecule has 0 radical (unpaired) electrons. The molecule has 0 atom stereocenters. The maximum atomic E-state index is 5.56. The highest BCUT2D eigenvalue weighted by Crippen LogP contribution is 2.25. The molecule has 16 heavy (non-hydrogen) atoms. The molecule has 2 aromatic rings. The van der Waals surface area contributed by atoms with Crippen LogP contribution in [0.4, 0.5) is 0 Å². The van der Waals surface area contributed by atoms with Gasteiger partial charge in [-0.3, -0.25) is 0 Å². The molecule has 2 aromatic heterocycles. The van der Waals surface area contributed by atoms with Crippen molar-refractivity contribution >= 4 is 11.3 Å². The van der Waals surface area contributed by atoms with Gasteiger partial charge in [0.2, 0.25) is 5.89 Å². The predicted molar refractivity (Wildman–Crippen MR) is 62.4 cm³/mol. The van der Waals surface area contributed by atoms with Gasteiger partial charge in [-0.25, -0.2) is 4.98 Å². The van der Waals surface area contributed by atoms with Gasteiger partial charge >= 0.3 is 0 Å². The fraction of sp³-hybridized carbons (Fsp3) is 0.500. The Hall–Kier alpha value is -1.27. The van der Waals surface area contributed by atoms with E-state index in [1.165, 1.54) is 11.3 Å². The summed E-state index contributed by atoms with van der Waals surface area (Å²) in [5, 5.41) is 11.2. The molecule has 2 heterocycles. The molecule has 0 amide bonds. The Bertz CT molecular complexity index is 451. The van der Waals surface area contributed by atoms with E-state index < -0.39 is 0 Å². The van der Waals surface area contributed by atoms with Crippen LogP contribution >= 0.6 is 11.3 Å². The van der Waals surface area contributed by atoms with Crippen LogP contribution in [0.15, 0.2) is 9.93 Å². The maximum Gasteiger partial charge on any atom is 0.259 e. The molecular formula is C10H14N4OS.